The summed E-state index contributed by atoms with van der Waals surface area (Å²) in [5.41, 5.74) is 0. The Kier molecular flexibility index (Phi) is 6.50. The van der Waals surface area contributed by atoms with Crippen LogP contribution in [0, 0.1) is 5.92 Å². The van der Waals surface area contributed by atoms with Gasteiger partial charge in [0.15, 0.2) is 0 Å². The third-order valence-corrected chi connectivity index (χ3v) is 1.86. The summed E-state index contributed by atoms with van der Waals surface area (Å²) in [6.45, 7) is 4.51. The highest BCUT2D eigenvalue weighted by Gasteiger charge is 1.91. The van der Waals surface area contributed by atoms with Crippen molar-refractivity contribution < 1.29 is 0 Å². The van der Waals surface area contributed by atoms with E-state index in [1.165, 1.54) is 12.8 Å². The van der Waals surface area contributed by atoms with E-state index in [1.54, 1.807) is 0 Å². The molecule has 0 aromatic rings. The fourth-order valence-corrected chi connectivity index (χ4v) is 0.823. The Morgan fingerprint density at radius 1 is 1.44 bits per heavy atom. The predicted octanol–water partition coefficient (Wildman–Crippen LogP) is 3.37. The number of alkyl halides is 1. The van der Waals surface area contributed by atoms with Gasteiger partial charge in [0, 0.05) is 5.33 Å². The van der Waals surface area contributed by atoms with Crippen molar-refractivity contribution in [3.63, 3.8) is 0 Å². The molecule has 0 rings (SSSR count). The highest BCUT2D eigenvalue weighted by Crippen LogP contribution is 2.06. The van der Waals surface area contributed by atoms with Crippen molar-refractivity contribution in [1.82, 2.24) is 0 Å². The quantitative estimate of drug-likeness (QED) is 0.472. The Balaban J connectivity index is 3.15. The first-order chi connectivity index (χ1) is 4.31. The zero-order valence-corrected chi connectivity index (χ0v) is 7.82. The van der Waals surface area contributed by atoms with Crippen molar-refractivity contribution in [2.45, 2.75) is 26.7 Å². The minimum Gasteiger partial charge on any atom is -0.0883 e. The molecule has 0 aromatic carbocycles. The van der Waals surface area contributed by atoms with E-state index in [9.17, 15) is 0 Å². The van der Waals surface area contributed by atoms with Crippen LogP contribution < -0.4 is 0 Å². The minimum absolute atomic E-state index is 0.847. The van der Waals surface area contributed by atoms with Crippen LogP contribution in [0.4, 0.5) is 0 Å². The van der Waals surface area contributed by atoms with E-state index >= 15 is 0 Å². The summed E-state index contributed by atoms with van der Waals surface area (Å²) in [6, 6.07) is 0. The lowest BCUT2D eigenvalue weighted by molar-refractivity contribution is 0.572. The standard InChI is InChI=1S/C8H15Br/c1-3-8(2)6-4-5-7-9/h4-5,8H,3,6-7H2,1-2H3/b5-4+/t8-/m0/s1. The maximum absolute atomic E-state index is 3.33. The molecule has 1 atom stereocenters. The van der Waals surface area contributed by atoms with Gasteiger partial charge in [0.2, 0.25) is 0 Å². The van der Waals surface area contributed by atoms with Crippen molar-refractivity contribution in [2.75, 3.05) is 5.33 Å². The second-order valence-electron chi connectivity index (χ2n) is 2.37. The monoisotopic (exact) mass is 190 g/mol. The Hall–Kier alpha value is 0.220. The van der Waals surface area contributed by atoms with E-state index in [0.717, 1.165) is 11.2 Å². The average molecular weight is 191 g/mol. The lowest BCUT2D eigenvalue weighted by Crippen LogP contribution is -1.87. The first-order valence-corrected chi connectivity index (χ1v) is 4.64. The number of rotatable bonds is 4. The smallest absolute Gasteiger partial charge is 0.0212 e. The van der Waals surface area contributed by atoms with E-state index in [1.807, 2.05) is 0 Å². The first kappa shape index (κ1) is 9.22. The largest absolute Gasteiger partial charge is 0.0883 e. The van der Waals surface area contributed by atoms with E-state index < -0.39 is 0 Å². The number of halogens is 1. The summed E-state index contributed by atoms with van der Waals surface area (Å²) in [4.78, 5) is 0. The summed E-state index contributed by atoms with van der Waals surface area (Å²) in [6.07, 6.45) is 6.91. The fraction of sp³-hybridized carbons (Fsp3) is 0.750. The fourth-order valence-electron chi connectivity index (χ4n) is 0.558. The Morgan fingerprint density at radius 2 is 2.11 bits per heavy atom. The molecule has 0 heterocycles. The molecule has 0 N–H and O–H groups in total. The molecular formula is C8H15Br. The van der Waals surface area contributed by atoms with Crippen LogP contribution in [0.1, 0.15) is 26.7 Å². The molecule has 0 fully saturated rings. The first-order valence-electron chi connectivity index (χ1n) is 3.52. The van der Waals surface area contributed by atoms with Crippen molar-refractivity contribution in [3.05, 3.63) is 12.2 Å². The van der Waals surface area contributed by atoms with Gasteiger partial charge in [-0.2, -0.15) is 0 Å². The van der Waals surface area contributed by atoms with Crippen molar-refractivity contribution in [2.24, 2.45) is 5.92 Å². The highest BCUT2D eigenvalue weighted by atomic mass is 79.9. The van der Waals surface area contributed by atoms with Crippen molar-refractivity contribution in [3.8, 4) is 0 Å². The van der Waals surface area contributed by atoms with Crippen molar-refractivity contribution >= 4 is 15.9 Å². The maximum Gasteiger partial charge on any atom is 0.0212 e. The Bertz CT molecular complexity index is 76.6. The highest BCUT2D eigenvalue weighted by molar-refractivity contribution is 9.09. The summed E-state index contributed by atoms with van der Waals surface area (Å²) in [5.74, 6) is 0.847. The summed E-state index contributed by atoms with van der Waals surface area (Å²) < 4.78 is 0. The van der Waals surface area contributed by atoms with Gasteiger partial charge >= 0.3 is 0 Å². The van der Waals surface area contributed by atoms with Gasteiger partial charge in [0.05, 0.1) is 0 Å². The number of hydrogen-bond acceptors (Lipinski definition) is 0. The van der Waals surface area contributed by atoms with Crippen LogP contribution in [0.2, 0.25) is 0 Å². The van der Waals surface area contributed by atoms with Crippen LogP contribution in [-0.4, -0.2) is 5.33 Å². The van der Waals surface area contributed by atoms with E-state index in [4.69, 9.17) is 0 Å². The van der Waals surface area contributed by atoms with E-state index in [-0.39, 0.29) is 0 Å². The Labute approximate surface area is 66.5 Å². The van der Waals surface area contributed by atoms with E-state index in [2.05, 4.69) is 41.9 Å². The normalized spacial score (nSPS) is 14.6. The topological polar surface area (TPSA) is 0 Å². The molecule has 0 radical (unpaired) electrons. The molecule has 54 valence electrons. The zero-order valence-electron chi connectivity index (χ0n) is 6.23. The average Bonchev–Trinajstić information content (AvgIpc) is 1.89. The van der Waals surface area contributed by atoms with Gasteiger partial charge in [-0.25, -0.2) is 0 Å². The van der Waals surface area contributed by atoms with Crippen LogP contribution in [0.3, 0.4) is 0 Å². The van der Waals surface area contributed by atoms with Gasteiger partial charge in [-0.1, -0.05) is 48.4 Å². The molecule has 1 heteroatoms. The minimum atomic E-state index is 0.847. The lowest BCUT2D eigenvalue weighted by Gasteiger charge is -2.01. The molecule has 0 bridgehead atoms. The van der Waals surface area contributed by atoms with Gasteiger partial charge in [0.1, 0.15) is 0 Å². The second-order valence-corrected chi connectivity index (χ2v) is 3.02. The van der Waals surface area contributed by atoms with Crippen LogP contribution in [-0.2, 0) is 0 Å². The third-order valence-electron chi connectivity index (χ3n) is 1.49. The molecular weight excluding hydrogens is 176 g/mol. The van der Waals surface area contributed by atoms with Crippen LogP contribution >= 0.6 is 15.9 Å². The molecule has 9 heavy (non-hydrogen) atoms. The lowest BCUT2D eigenvalue weighted by atomic mass is 10.1. The molecule has 0 unspecified atom stereocenters. The maximum atomic E-state index is 3.33. The van der Waals surface area contributed by atoms with Crippen LogP contribution in [0.25, 0.3) is 0 Å². The van der Waals surface area contributed by atoms with Gasteiger partial charge < -0.3 is 0 Å². The molecule has 0 aliphatic rings. The van der Waals surface area contributed by atoms with Gasteiger partial charge in [-0.15, -0.1) is 0 Å². The van der Waals surface area contributed by atoms with Gasteiger partial charge in [0.25, 0.3) is 0 Å². The molecule has 0 aliphatic heterocycles. The molecule has 0 saturated heterocycles. The zero-order chi connectivity index (χ0) is 7.11. The second kappa shape index (κ2) is 6.34. The number of allylic oxidation sites excluding steroid dienone is 2. The molecule has 0 saturated carbocycles. The van der Waals surface area contributed by atoms with Crippen LogP contribution in [0.5, 0.6) is 0 Å². The summed E-state index contributed by atoms with van der Waals surface area (Å²) >= 11 is 3.33. The molecule has 0 nitrogen and oxygen atoms in total. The molecule has 0 aromatic heterocycles. The number of hydrogen-bond donors (Lipinski definition) is 0. The Morgan fingerprint density at radius 3 is 2.56 bits per heavy atom. The van der Waals surface area contributed by atoms with Gasteiger partial charge in [-0.3, -0.25) is 0 Å². The van der Waals surface area contributed by atoms with E-state index in [0.29, 0.717) is 0 Å². The molecule has 0 spiro atoms. The van der Waals surface area contributed by atoms with Crippen LogP contribution in [0.15, 0.2) is 12.2 Å². The SMILES string of the molecule is CC[C@H](C)C/C=C/CBr. The predicted molar refractivity (Wildman–Crippen MR) is 47.0 cm³/mol. The van der Waals surface area contributed by atoms with Gasteiger partial charge in [-0.05, 0) is 12.3 Å². The third kappa shape index (κ3) is 6.10. The molecule has 0 amide bonds. The molecule has 0 aliphatic carbocycles. The summed E-state index contributed by atoms with van der Waals surface area (Å²) in [5, 5.41) is 0.990. The summed E-state index contributed by atoms with van der Waals surface area (Å²) in [7, 11) is 0. The van der Waals surface area contributed by atoms with Crippen molar-refractivity contribution in [1.29, 1.82) is 0 Å².